The minimum Gasteiger partial charge on any atom is -0.336 e. The second kappa shape index (κ2) is 5.88. The van der Waals surface area contributed by atoms with Gasteiger partial charge in [0.15, 0.2) is 0 Å². The molecule has 0 aromatic heterocycles. The summed E-state index contributed by atoms with van der Waals surface area (Å²) in [5.74, 6) is -0.216. The third-order valence-electron chi connectivity index (χ3n) is 4.46. The molecule has 1 heterocycles. The maximum absolute atomic E-state index is 13.1. The van der Waals surface area contributed by atoms with Crippen molar-refractivity contribution >= 4 is 11.8 Å². The van der Waals surface area contributed by atoms with Gasteiger partial charge in [0.25, 0.3) is 5.91 Å². The molecule has 0 bridgehead atoms. The van der Waals surface area contributed by atoms with Crippen molar-refractivity contribution in [2.45, 2.75) is 32.0 Å². The van der Waals surface area contributed by atoms with E-state index in [1.807, 2.05) is 60.7 Å². The lowest BCUT2D eigenvalue weighted by Crippen LogP contribution is -2.66. The van der Waals surface area contributed by atoms with E-state index >= 15 is 0 Å². The molecule has 2 aromatic rings. The van der Waals surface area contributed by atoms with Crippen molar-refractivity contribution in [2.75, 3.05) is 0 Å². The molecule has 1 N–H and O–H groups in total. The van der Waals surface area contributed by atoms with Crippen LogP contribution < -0.4 is 5.32 Å². The van der Waals surface area contributed by atoms with E-state index in [0.29, 0.717) is 6.54 Å². The Kier molecular flexibility index (Phi) is 3.90. The molecule has 2 aromatic carbocycles. The summed E-state index contributed by atoms with van der Waals surface area (Å²) < 4.78 is 0. The molecule has 0 aliphatic carbocycles. The molecule has 23 heavy (non-hydrogen) atoms. The lowest BCUT2D eigenvalue weighted by molar-refractivity contribution is -0.154. The summed E-state index contributed by atoms with van der Waals surface area (Å²) in [6.07, 6.45) is 0. The first-order valence-electron chi connectivity index (χ1n) is 7.75. The summed E-state index contributed by atoms with van der Waals surface area (Å²) >= 11 is 0. The Morgan fingerprint density at radius 1 is 1.00 bits per heavy atom. The third-order valence-corrected chi connectivity index (χ3v) is 4.46. The van der Waals surface area contributed by atoms with E-state index in [0.717, 1.165) is 11.1 Å². The van der Waals surface area contributed by atoms with Crippen molar-refractivity contribution in [3.8, 4) is 0 Å². The number of hydrogen-bond acceptors (Lipinski definition) is 2. The fourth-order valence-corrected chi connectivity index (χ4v) is 2.96. The van der Waals surface area contributed by atoms with Gasteiger partial charge < -0.3 is 10.2 Å². The van der Waals surface area contributed by atoms with Crippen LogP contribution in [0.3, 0.4) is 0 Å². The molecule has 0 spiro atoms. The van der Waals surface area contributed by atoms with Gasteiger partial charge >= 0.3 is 0 Å². The van der Waals surface area contributed by atoms with Crippen LogP contribution in [0.1, 0.15) is 25.0 Å². The molecule has 118 valence electrons. The Morgan fingerprint density at radius 2 is 1.57 bits per heavy atom. The lowest BCUT2D eigenvalue weighted by atomic mass is 9.87. The second-order valence-electron chi connectivity index (χ2n) is 6.07. The fraction of sp³-hybridized carbons (Fsp3) is 0.263. The summed E-state index contributed by atoms with van der Waals surface area (Å²) in [5.41, 5.74) is 0.778. The van der Waals surface area contributed by atoms with Gasteiger partial charge in [-0.05, 0) is 25.0 Å². The first kappa shape index (κ1) is 15.3. The summed E-state index contributed by atoms with van der Waals surface area (Å²) in [7, 11) is 0. The zero-order valence-corrected chi connectivity index (χ0v) is 13.3. The van der Waals surface area contributed by atoms with E-state index in [-0.39, 0.29) is 11.8 Å². The van der Waals surface area contributed by atoms with Gasteiger partial charge in [-0.15, -0.1) is 0 Å². The quantitative estimate of drug-likeness (QED) is 0.947. The van der Waals surface area contributed by atoms with E-state index in [1.54, 1.807) is 18.7 Å². The first-order valence-corrected chi connectivity index (χ1v) is 7.75. The molecule has 4 nitrogen and oxygen atoms in total. The molecule has 3 rings (SSSR count). The molecule has 4 heteroatoms. The van der Waals surface area contributed by atoms with Crippen LogP contribution in [0.4, 0.5) is 0 Å². The largest absolute Gasteiger partial charge is 0.336 e. The van der Waals surface area contributed by atoms with E-state index in [4.69, 9.17) is 0 Å². The average molecular weight is 308 g/mol. The van der Waals surface area contributed by atoms with Gasteiger partial charge in [-0.25, -0.2) is 0 Å². The zero-order chi connectivity index (χ0) is 16.4. The van der Waals surface area contributed by atoms with Crippen LogP contribution in [0.2, 0.25) is 0 Å². The number of rotatable bonds is 3. The highest BCUT2D eigenvalue weighted by molar-refractivity contribution is 5.99. The van der Waals surface area contributed by atoms with E-state index in [2.05, 4.69) is 5.32 Å². The fourth-order valence-electron chi connectivity index (χ4n) is 2.96. The molecular weight excluding hydrogens is 288 g/mol. The molecule has 1 aliphatic heterocycles. The number of carbonyl (C=O) groups is 2. The number of benzene rings is 2. The minimum atomic E-state index is -1.03. The van der Waals surface area contributed by atoms with Crippen molar-refractivity contribution in [2.24, 2.45) is 0 Å². The standard InChI is InChI=1S/C19H20N2O2/c1-14-17(22)20-19(2,16-11-7-4-8-12-16)18(23)21(14)13-15-9-5-3-6-10-15/h3-12,14H,13H2,1-2H3,(H,20,22). The van der Waals surface area contributed by atoms with E-state index in [9.17, 15) is 9.59 Å². The van der Waals surface area contributed by atoms with Gasteiger partial charge in [-0.2, -0.15) is 0 Å². The average Bonchev–Trinajstić information content (AvgIpc) is 2.59. The molecule has 1 fully saturated rings. The highest BCUT2D eigenvalue weighted by Crippen LogP contribution is 2.29. The highest BCUT2D eigenvalue weighted by Gasteiger charge is 2.47. The van der Waals surface area contributed by atoms with E-state index < -0.39 is 11.6 Å². The van der Waals surface area contributed by atoms with Crippen LogP contribution in [0, 0.1) is 0 Å². The SMILES string of the molecule is CC1C(=O)NC(C)(c2ccccc2)C(=O)N1Cc1ccccc1. The van der Waals surface area contributed by atoms with Crippen LogP contribution in [0.15, 0.2) is 60.7 Å². The van der Waals surface area contributed by atoms with Crippen molar-refractivity contribution in [3.05, 3.63) is 71.8 Å². The Bertz CT molecular complexity index is 715. The molecule has 2 atom stereocenters. The minimum absolute atomic E-state index is 0.0837. The number of nitrogens with one attached hydrogen (secondary N) is 1. The molecule has 2 amide bonds. The summed E-state index contributed by atoms with van der Waals surface area (Å²) in [4.78, 5) is 27.2. The Hall–Kier alpha value is -2.62. The third kappa shape index (κ3) is 2.72. The van der Waals surface area contributed by atoms with Gasteiger partial charge in [-0.1, -0.05) is 60.7 Å². The van der Waals surface area contributed by atoms with Crippen LogP contribution in [-0.4, -0.2) is 22.8 Å². The number of carbonyl (C=O) groups excluding carboxylic acids is 2. The highest BCUT2D eigenvalue weighted by atomic mass is 16.2. The monoisotopic (exact) mass is 308 g/mol. The topological polar surface area (TPSA) is 49.4 Å². The molecule has 1 aliphatic rings. The maximum atomic E-state index is 13.1. The zero-order valence-electron chi connectivity index (χ0n) is 13.3. The van der Waals surface area contributed by atoms with Crippen LogP contribution in [0.5, 0.6) is 0 Å². The summed E-state index contributed by atoms with van der Waals surface area (Å²) in [5, 5.41) is 2.89. The van der Waals surface area contributed by atoms with Crippen molar-refractivity contribution in [1.29, 1.82) is 0 Å². The predicted molar refractivity (Wildman–Crippen MR) is 88.4 cm³/mol. The Labute approximate surface area is 136 Å². The Balaban J connectivity index is 1.96. The van der Waals surface area contributed by atoms with Crippen LogP contribution >= 0.6 is 0 Å². The maximum Gasteiger partial charge on any atom is 0.253 e. The lowest BCUT2D eigenvalue weighted by Gasteiger charge is -2.43. The number of piperazine rings is 1. The number of nitrogens with zero attached hydrogens (tertiary/aromatic N) is 1. The molecule has 2 unspecified atom stereocenters. The van der Waals surface area contributed by atoms with Gasteiger partial charge in [0.1, 0.15) is 11.6 Å². The van der Waals surface area contributed by atoms with Gasteiger partial charge in [0.2, 0.25) is 5.91 Å². The van der Waals surface area contributed by atoms with Crippen molar-refractivity contribution in [1.82, 2.24) is 10.2 Å². The second-order valence-corrected chi connectivity index (χ2v) is 6.07. The Morgan fingerprint density at radius 3 is 2.17 bits per heavy atom. The van der Waals surface area contributed by atoms with Crippen LogP contribution in [-0.2, 0) is 21.7 Å². The summed E-state index contributed by atoms with van der Waals surface area (Å²) in [6.45, 7) is 3.96. The molecule has 0 radical (unpaired) electrons. The van der Waals surface area contributed by atoms with Gasteiger partial charge in [-0.3, -0.25) is 9.59 Å². The van der Waals surface area contributed by atoms with E-state index in [1.165, 1.54) is 0 Å². The number of amides is 2. The first-order chi connectivity index (χ1) is 11.0. The molecule has 0 saturated carbocycles. The molecular formula is C19H20N2O2. The number of hydrogen-bond donors (Lipinski definition) is 1. The predicted octanol–water partition coefficient (Wildman–Crippen LogP) is 2.45. The summed E-state index contributed by atoms with van der Waals surface area (Å²) in [6, 6.07) is 18.6. The van der Waals surface area contributed by atoms with Gasteiger partial charge in [0.05, 0.1) is 0 Å². The van der Waals surface area contributed by atoms with Crippen LogP contribution in [0.25, 0.3) is 0 Å². The molecule has 1 saturated heterocycles. The van der Waals surface area contributed by atoms with Crippen molar-refractivity contribution in [3.63, 3.8) is 0 Å². The van der Waals surface area contributed by atoms with Gasteiger partial charge in [0, 0.05) is 6.54 Å². The smallest absolute Gasteiger partial charge is 0.253 e. The van der Waals surface area contributed by atoms with Crippen molar-refractivity contribution < 1.29 is 9.59 Å². The normalized spacial score (nSPS) is 24.4.